The number of carbonyl (C=O) groups excluding carboxylic acids is 2. The van der Waals surface area contributed by atoms with Crippen LogP contribution in [0.15, 0.2) is 59.5 Å². The molecule has 0 aliphatic carbocycles. The molecule has 0 bridgehead atoms. The van der Waals surface area contributed by atoms with E-state index < -0.39 is 30.2 Å². The monoisotopic (exact) mass is 395 g/mol. The zero-order chi connectivity index (χ0) is 19.9. The lowest BCUT2D eigenvalue weighted by atomic mass is 10.1. The number of esters is 1. The molecule has 0 fully saturated rings. The van der Waals surface area contributed by atoms with Crippen LogP contribution in [0.3, 0.4) is 0 Å². The van der Waals surface area contributed by atoms with Crippen LogP contribution in [0.4, 0.5) is 18.9 Å². The molecule has 142 valence electrons. The maximum absolute atomic E-state index is 12.6. The molecular weight excluding hydrogens is 379 g/mol. The highest BCUT2D eigenvalue weighted by atomic mass is 32.2. The minimum Gasteiger partial charge on any atom is -0.452 e. The molecule has 0 saturated heterocycles. The molecule has 0 aliphatic rings. The van der Waals surface area contributed by atoms with Gasteiger partial charge in [0.05, 0.1) is 5.56 Å². The number of rotatable bonds is 6. The minimum atomic E-state index is -4.46. The molecule has 8 heteroatoms. The van der Waals surface area contributed by atoms with E-state index in [0.717, 1.165) is 23.1 Å². The maximum Gasteiger partial charge on any atom is 0.416 e. The Kier molecular flexibility index (Phi) is 7.06. The Morgan fingerprint density at radius 1 is 1.15 bits per heavy atom. The van der Waals surface area contributed by atoms with Crippen molar-refractivity contribution in [1.29, 1.82) is 0 Å². The summed E-state index contributed by atoms with van der Waals surface area (Å²) in [6.45, 7) is -0.504. The van der Waals surface area contributed by atoms with E-state index in [1.54, 1.807) is 23.9 Å². The van der Waals surface area contributed by atoms with Crippen LogP contribution in [0.2, 0.25) is 0 Å². The number of hydrogen-bond donors (Lipinski definition) is 1. The average molecular weight is 395 g/mol. The largest absolute Gasteiger partial charge is 0.452 e. The predicted molar refractivity (Wildman–Crippen MR) is 98.3 cm³/mol. The number of nitrogens with one attached hydrogen (secondary N) is 1. The molecule has 1 amide bonds. The van der Waals surface area contributed by atoms with Crippen LogP contribution in [0.5, 0.6) is 0 Å². The van der Waals surface area contributed by atoms with Crippen LogP contribution in [0.25, 0.3) is 6.08 Å². The van der Waals surface area contributed by atoms with E-state index in [0.29, 0.717) is 5.69 Å². The number of amides is 1. The summed E-state index contributed by atoms with van der Waals surface area (Å²) in [6, 6.07) is 11.6. The van der Waals surface area contributed by atoms with Crippen LogP contribution >= 0.6 is 11.8 Å². The molecule has 0 unspecified atom stereocenters. The summed E-state index contributed by atoms with van der Waals surface area (Å²) in [6.07, 6.45) is -0.372. The molecule has 0 saturated carbocycles. The molecule has 27 heavy (non-hydrogen) atoms. The fourth-order valence-corrected chi connectivity index (χ4v) is 2.45. The molecule has 2 rings (SSSR count). The SMILES string of the molecule is CSc1ccc(NC(=O)COC(=O)/C=C/c2cccc(C(F)(F)F)c2)cc1. The van der Waals surface area contributed by atoms with Crippen molar-refractivity contribution in [2.45, 2.75) is 11.1 Å². The topological polar surface area (TPSA) is 55.4 Å². The molecule has 0 aliphatic heterocycles. The van der Waals surface area contributed by atoms with Gasteiger partial charge in [-0.15, -0.1) is 11.8 Å². The van der Waals surface area contributed by atoms with Gasteiger partial charge >= 0.3 is 12.1 Å². The molecule has 4 nitrogen and oxygen atoms in total. The third-order valence-electron chi connectivity index (χ3n) is 3.35. The lowest BCUT2D eigenvalue weighted by Gasteiger charge is -2.07. The number of anilines is 1. The number of hydrogen-bond acceptors (Lipinski definition) is 4. The van der Waals surface area contributed by atoms with Crippen molar-refractivity contribution >= 4 is 35.4 Å². The second-order valence-electron chi connectivity index (χ2n) is 5.34. The normalized spacial score (nSPS) is 11.4. The summed E-state index contributed by atoms with van der Waals surface area (Å²) >= 11 is 1.56. The molecular formula is C19H16F3NO3S. The van der Waals surface area contributed by atoms with Gasteiger partial charge in [-0.2, -0.15) is 13.2 Å². The second-order valence-corrected chi connectivity index (χ2v) is 6.22. The molecule has 0 aromatic heterocycles. The number of alkyl halides is 3. The van der Waals surface area contributed by atoms with E-state index in [4.69, 9.17) is 4.74 Å². The van der Waals surface area contributed by atoms with Crippen molar-refractivity contribution in [2.75, 3.05) is 18.2 Å². The Hall–Kier alpha value is -2.74. The molecule has 1 N–H and O–H groups in total. The third kappa shape index (κ3) is 6.82. The van der Waals surface area contributed by atoms with E-state index in [1.807, 2.05) is 18.4 Å². The second kappa shape index (κ2) is 9.27. The Labute approximate surface area is 158 Å². The van der Waals surface area contributed by atoms with Gasteiger partial charge in [-0.3, -0.25) is 4.79 Å². The van der Waals surface area contributed by atoms with Gasteiger partial charge < -0.3 is 10.1 Å². The lowest BCUT2D eigenvalue weighted by molar-refractivity contribution is -0.142. The van der Waals surface area contributed by atoms with Crippen molar-refractivity contribution in [3.63, 3.8) is 0 Å². The van der Waals surface area contributed by atoms with Gasteiger partial charge in [-0.25, -0.2) is 4.79 Å². The van der Waals surface area contributed by atoms with Crippen LogP contribution in [-0.4, -0.2) is 24.7 Å². The van der Waals surface area contributed by atoms with Gasteiger partial charge in [0.2, 0.25) is 0 Å². The lowest BCUT2D eigenvalue weighted by Crippen LogP contribution is -2.20. The van der Waals surface area contributed by atoms with Gasteiger partial charge in [0.1, 0.15) is 0 Å². The quantitative estimate of drug-likeness (QED) is 0.440. The maximum atomic E-state index is 12.6. The highest BCUT2D eigenvalue weighted by Gasteiger charge is 2.30. The van der Waals surface area contributed by atoms with E-state index >= 15 is 0 Å². The minimum absolute atomic E-state index is 0.195. The first kappa shape index (κ1) is 20.6. The first-order valence-corrected chi connectivity index (χ1v) is 8.96. The van der Waals surface area contributed by atoms with E-state index in [9.17, 15) is 22.8 Å². The number of thioether (sulfide) groups is 1. The zero-order valence-electron chi connectivity index (χ0n) is 14.2. The molecule has 0 atom stereocenters. The third-order valence-corrected chi connectivity index (χ3v) is 4.09. The first-order valence-electron chi connectivity index (χ1n) is 7.74. The van der Waals surface area contributed by atoms with Crippen LogP contribution in [-0.2, 0) is 20.5 Å². The summed E-state index contributed by atoms with van der Waals surface area (Å²) in [5.41, 5.74) is -0.0571. The van der Waals surface area contributed by atoms with Gasteiger partial charge in [-0.1, -0.05) is 12.1 Å². The number of benzene rings is 2. The number of carbonyl (C=O) groups is 2. The Morgan fingerprint density at radius 2 is 1.85 bits per heavy atom. The van der Waals surface area contributed by atoms with Gasteiger partial charge in [-0.05, 0) is 54.3 Å². The summed E-state index contributed by atoms with van der Waals surface area (Å²) in [5, 5.41) is 2.57. The fraction of sp³-hybridized carbons (Fsp3) is 0.158. The van der Waals surface area contributed by atoms with Crippen LogP contribution in [0, 0.1) is 0 Å². The van der Waals surface area contributed by atoms with Crippen molar-refractivity contribution in [3.05, 3.63) is 65.7 Å². The van der Waals surface area contributed by atoms with Gasteiger partial charge in [0.25, 0.3) is 5.91 Å². The standard InChI is InChI=1S/C19H16F3NO3S/c1-27-16-8-6-15(7-9-16)23-17(24)12-26-18(25)10-5-13-3-2-4-14(11-13)19(20,21)22/h2-11H,12H2,1H3,(H,23,24)/b10-5+. The Balaban J connectivity index is 1.84. The molecule has 0 radical (unpaired) electrons. The summed E-state index contributed by atoms with van der Waals surface area (Å²) in [5.74, 6) is -1.35. The highest BCUT2D eigenvalue weighted by molar-refractivity contribution is 7.98. The van der Waals surface area contributed by atoms with Crippen molar-refractivity contribution < 1.29 is 27.5 Å². The summed E-state index contributed by atoms with van der Waals surface area (Å²) in [7, 11) is 0. The van der Waals surface area contributed by atoms with Crippen molar-refractivity contribution in [2.24, 2.45) is 0 Å². The van der Waals surface area contributed by atoms with Gasteiger partial charge in [0.15, 0.2) is 6.61 Å². The number of ether oxygens (including phenoxy) is 1. The Bertz CT molecular complexity index is 833. The van der Waals surface area contributed by atoms with E-state index in [1.165, 1.54) is 18.2 Å². The molecule has 2 aromatic carbocycles. The molecule has 0 spiro atoms. The van der Waals surface area contributed by atoms with Crippen molar-refractivity contribution in [3.8, 4) is 0 Å². The smallest absolute Gasteiger partial charge is 0.416 e. The fourth-order valence-electron chi connectivity index (χ4n) is 2.04. The van der Waals surface area contributed by atoms with E-state index in [-0.39, 0.29) is 5.56 Å². The average Bonchev–Trinajstić information content (AvgIpc) is 2.65. The van der Waals surface area contributed by atoms with E-state index in [2.05, 4.69) is 5.32 Å². The highest BCUT2D eigenvalue weighted by Crippen LogP contribution is 2.29. The summed E-state index contributed by atoms with van der Waals surface area (Å²) < 4.78 is 42.7. The number of halogens is 3. The van der Waals surface area contributed by atoms with Crippen molar-refractivity contribution in [1.82, 2.24) is 0 Å². The van der Waals surface area contributed by atoms with Gasteiger partial charge in [0, 0.05) is 16.7 Å². The van der Waals surface area contributed by atoms with Crippen LogP contribution < -0.4 is 5.32 Å². The zero-order valence-corrected chi connectivity index (χ0v) is 15.1. The predicted octanol–water partition coefficient (Wildman–Crippen LogP) is 4.62. The first-order chi connectivity index (χ1) is 12.8. The molecule has 0 heterocycles. The van der Waals surface area contributed by atoms with Crippen LogP contribution in [0.1, 0.15) is 11.1 Å². The molecule has 2 aromatic rings. The summed E-state index contributed by atoms with van der Waals surface area (Å²) in [4.78, 5) is 24.4. The Morgan fingerprint density at radius 3 is 2.48 bits per heavy atom.